The second-order valence-electron chi connectivity index (χ2n) is 5.07. The molecular weight excluding hydrogens is 214 g/mol. The molecule has 90 valence electrons. The monoisotopic (exact) mass is 231 g/mol. The van der Waals surface area contributed by atoms with E-state index in [4.69, 9.17) is 4.52 Å². The van der Waals surface area contributed by atoms with E-state index in [0.29, 0.717) is 11.6 Å². The Morgan fingerprint density at radius 3 is 3.00 bits per heavy atom. The largest absolute Gasteiger partial charge is 0.336 e. The zero-order valence-electron chi connectivity index (χ0n) is 10.2. The average Bonchev–Trinajstić information content (AvgIpc) is 3.04. The van der Waals surface area contributed by atoms with Crippen molar-refractivity contribution >= 4 is 11.1 Å². The molecule has 2 heterocycles. The van der Waals surface area contributed by atoms with E-state index in [2.05, 4.69) is 35.4 Å². The Bertz CT molecular complexity index is 528. The molecule has 0 aromatic carbocycles. The lowest BCUT2D eigenvalue weighted by Gasteiger charge is -2.03. The molecule has 0 aliphatic heterocycles. The van der Waals surface area contributed by atoms with Crippen LogP contribution in [-0.4, -0.2) is 16.2 Å². The summed E-state index contributed by atoms with van der Waals surface area (Å²) in [6.45, 7) is 5.12. The summed E-state index contributed by atoms with van der Waals surface area (Å²) in [6, 6.07) is 2.86. The average molecular weight is 231 g/mol. The minimum Gasteiger partial charge on any atom is -0.336 e. The Hall–Kier alpha value is -1.42. The molecule has 0 unspecified atom stereocenters. The Morgan fingerprint density at radius 1 is 1.47 bits per heavy atom. The highest BCUT2D eigenvalue weighted by Crippen LogP contribution is 2.24. The van der Waals surface area contributed by atoms with Crippen molar-refractivity contribution in [3.05, 3.63) is 23.5 Å². The second kappa shape index (κ2) is 4.11. The van der Waals surface area contributed by atoms with Gasteiger partial charge in [-0.15, -0.1) is 0 Å². The first kappa shape index (κ1) is 10.7. The number of aromatic nitrogens is 2. The predicted octanol–water partition coefficient (Wildman–Crippen LogP) is 2.60. The molecule has 2 aromatic heterocycles. The number of pyridine rings is 1. The molecule has 0 bridgehead atoms. The van der Waals surface area contributed by atoms with Crippen LogP contribution in [0.15, 0.2) is 16.8 Å². The van der Waals surface area contributed by atoms with Gasteiger partial charge in [0, 0.05) is 18.8 Å². The molecule has 1 fully saturated rings. The number of hydrogen-bond acceptors (Lipinski definition) is 4. The Labute approximate surface area is 100 Å². The Morgan fingerprint density at radius 2 is 2.29 bits per heavy atom. The molecule has 1 saturated carbocycles. The smallest absolute Gasteiger partial charge is 0.257 e. The first-order chi connectivity index (χ1) is 8.24. The van der Waals surface area contributed by atoms with Gasteiger partial charge in [0.1, 0.15) is 0 Å². The van der Waals surface area contributed by atoms with Crippen molar-refractivity contribution < 1.29 is 4.52 Å². The van der Waals surface area contributed by atoms with Gasteiger partial charge in [-0.2, -0.15) is 0 Å². The molecule has 0 saturated heterocycles. The highest BCUT2D eigenvalue weighted by molar-refractivity contribution is 5.76. The predicted molar refractivity (Wildman–Crippen MR) is 65.8 cm³/mol. The SMILES string of the molecule is CC(C)c1noc2ncc(CNC3CC3)cc12. The van der Waals surface area contributed by atoms with Crippen molar-refractivity contribution in [1.29, 1.82) is 0 Å². The third kappa shape index (κ3) is 2.17. The topological polar surface area (TPSA) is 51.0 Å². The lowest BCUT2D eigenvalue weighted by Crippen LogP contribution is -2.15. The van der Waals surface area contributed by atoms with E-state index in [1.165, 1.54) is 18.4 Å². The van der Waals surface area contributed by atoms with Crippen LogP contribution >= 0.6 is 0 Å². The third-order valence-electron chi connectivity index (χ3n) is 3.13. The summed E-state index contributed by atoms with van der Waals surface area (Å²) in [4.78, 5) is 4.31. The van der Waals surface area contributed by atoms with Crippen LogP contribution in [0.4, 0.5) is 0 Å². The van der Waals surface area contributed by atoms with E-state index in [9.17, 15) is 0 Å². The molecule has 17 heavy (non-hydrogen) atoms. The van der Waals surface area contributed by atoms with Gasteiger partial charge in [0.2, 0.25) is 0 Å². The van der Waals surface area contributed by atoms with Crippen molar-refractivity contribution in [3.63, 3.8) is 0 Å². The standard InChI is InChI=1S/C13H17N3O/c1-8(2)12-11-5-9(6-14-10-3-4-10)7-15-13(11)17-16-12/h5,7-8,10,14H,3-4,6H2,1-2H3. The summed E-state index contributed by atoms with van der Waals surface area (Å²) in [5, 5.41) is 8.62. The lowest BCUT2D eigenvalue weighted by molar-refractivity contribution is 0.434. The van der Waals surface area contributed by atoms with Gasteiger partial charge in [-0.1, -0.05) is 19.0 Å². The summed E-state index contributed by atoms with van der Waals surface area (Å²) in [6.07, 6.45) is 4.48. The first-order valence-corrected chi connectivity index (χ1v) is 6.21. The Kier molecular flexibility index (Phi) is 2.59. The van der Waals surface area contributed by atoms with E-state index in [0.717, 1.165) is 23.7 Å². The van der Waals surface area contributed by atoms with Gasteiger partial charge in [-0.25, -0.2) is 4.98 Å². The second-order valence-corrected chi connectivity index (χ2v) is 5.07. The van der Waals surface area contributed by atoms with Gasteiger partial charge < -0.3 is 9.84 Å². The molecule has 0 atom stereocenters. The van der Waals surface area contributed by atoms with Gasteiger partial charge in [0.05, 0.1) is 11.1 Å². The van der Waals surface area contributed by atoms with Crippen LogP contribution in [0, 0.1) is 0 Å². The van der Waals surface area contributed by atoms with Gasteiger partial charge in [-0.05, 0) is 30.4 Å². The summed E-state index contributed by atoms with van der Waals surface area (Å²) in [5.41, 5.74) is 2.85. The molecule has 4 nitrogen and oxygen atoms in total. The molecule has 3 rings (SSSR count). The van der Waals surface area contributed by atoms with Crippen LogP contribution in [0.2, 0.25) is 0 Å². The zero-order valence-corrected chi connectivity index (χ0v) is 10.2. The van der Waals surface area contributed by atoms with E-state index in [1.807, 2.05) is 6.20 Å². The maximum absolute atomic E-state index is 5.22. The van der Waals surface area contributed by atoms with Crippen LogP contribution < -0.4 is 5.32 Å². The van der Waals surface area contributed by atoms with Crippen LogP contribution in [0.5, 0.6) is 0 Å². The fourth-order valence-corrected chi connectivity index (χ4v) is 1.96. The molecule has 0 amide bonds. The van der Waals surface area contributed by atoms with Crippen molar-refractivity contribution in [2.24, 2.45) is 0 Å². The van der Waals surface area contributed by atoms with E-state index in [1.54, 1.807) is 0 Å². The normalized spacial score (nSPS) is 15.9. The summed E-state index contributed by atoms with van der Waals surface area (Å²) in [7, 11) is 0. The molecule has 1 aliphatic carbocycles. The van der Waals surface area contributed by atoms with Crippen LogP contribution in [-0.2, 0) is 6.54 Å². The molecule has 1 N–H and O–H groups in total. The molecule has 4 heteroatoms. The first-order valence-electron chi connectivity index (χ1n) is 6.21. The van der Waals surface area contributed by atoms with Gasteiger partial charge in [0.25, 0.3) is 5.71 Å². The summed E-state index contributed by atoms with van der Waals surface area (Å²) >= 11 is 0. The number of nitrogens with one attached hydrogen (secondary N) is 1. The van der Waals surface area contributed by atoms with Crippen molar-refractivity contribution in [2.75, 3.05) is 0 Å². The van der Waals surface area contributed by atoms with E-state index in [-0.39, 0.29) is 0 Å². The molecule has 0 spiro atoms. The number of hydrogen-bond donors (Lipinski definition) is 1. The minimum atomic E-state index is 0.365. The van der Waals surface area contributed by atoms with Crippen molar-refractivity contribution in [2.45, 2.75) is 45.2 Å². The van der Waals surface area contributed by atoms with Gasteiger partial charge >= 0.3 is 0 Å². The Balaban J connectivity index is 1.89. The van der Waals surface area contributed by atoms with E-state index < -0.39 is 0 Å². The maximum atomic E-state index is 5.22. The summed E-state index contributed by atoms with van der Waals surface area (Å²) < 4.78 is 5.22. The third-order valence-corrected chi connectivity index (χ3v) is 3.13. The highest BCUT2D eigenvalue weighted by atomic mass is 16.5. The maximum Gasteiger partial charge on any atom is 0.257 e. The fraction of sp³-hybridized carbons (Fsp3) is 0.538. The quantitative estimate of drug-likeness (QED) is 0.878. The highest BCUT2D eigenvalue weighted by Gasteiger charge is 2.20. The van der Waals surface area contributed by atoms with Crippen LogP contribution in [0.3, 0.4) is 0 Å². The zero-order chi connectivity index (χ0) is 11.8. The van der Waals surface area contributed by atoms with Crippen LogP contribution in [0.25, 0.3) is 11.1 Å². The van der Waals surface area contributed by atoms with Crippen molar-refractivity contribution in [3.8, 4) is 0 Å². The number of rotatable bonds is 4. The van der Waals surface area contributed by atoms with Crippen molar-refractivity contribution in [1.82, 2.24) is 15.5 Å². The molecular formula is C13H17N3O. The summed E-state index contributed by atoms with van der Waals surface area (Å²) in [5.74, 6) is 0.365. The molecule has 0 radical (unpaired) electrons. The molecule has 2 aromatic rings. The molecule has 1 aliphatic rings. The fourth-order valence-electron chi connectivity index (χ4n) is 1.96. The van der Waals surface area contributed by atoms with E-state index >= 15 is 0 Å². The number of fused-ring (bicyclic) bond motifs is 1. The number of nitrogens with zero attached hydrogens (tertiary/aromatic N) is 2. The van der Waals surface area contributed by atoms with Gasteiger partial charge in [0.15, 0.2) is 0 Å². The lowest BCUT2D eigenvalue weighted by atomic mass is 10.1. The van der Waals surface area contributed by atoms with Gasteiger partial charge in [-0.3, -0.25) is 0 Å². The minimum absolute atomic E-state index is 0.365. The van der Waals surface area contributed by atoms with Crippen LogP contribution in [0.1, 0.15) is 43.9 Å².